The molecule has 1 fully saturated rings. The van der Waals surface area contributed by atoms with Crippen molar-refractivity contribution in [3.8, 4) is 0 Å². The molecule has 0 spiro atoms. The number of halogens is 1. The molecule has 1 aliphatic rings. The Kier molecular flexibility index (Phi) is 4.73. The largest absolute Gasteiger partial charge is 0.369 e. The standard InChI is InChI=1S/C16H19FN2O2/c1-11-2-6-13(16(18)21)10-19(11)15(20)9-5-12-3-7-14(17)8-4-12/h3-5,7-9,11,13H,2,6,10H2,1H3,(H2,18,21)/b9-5+/t11-,13-/m1/s1. The summed E-state index contributed by atoms with van der Waals surface area (Å²) < 4.78 is 12.8. The molecule has 112 valence electrons. The number of hydrogen-bond acceptors (Lipinski definition) is 2. The van der Waals surface area contributed by atoms with Crippen LogP contribution in [0.15, 0.2) is 30.3 Å². The Hall–Kier alpha value is -2.17. The number of nitrogens with two attached hydrogens (primary N) is 1. The Balaban J connectivity index is 2.04. The van der Waals surface area contributed by atoms with Gasteiger partial charge in [0.05, 0.1) is 5.92 Å². The van der Waals surface area contributed by atoms with Crippen molar-refractivity contribution in [2.24, 2.45) is 11.7 Å². The molecular formula is C16H19FN2O2. The van der Waals surface area contributed by atoms with Crippen LogP contribution >= 0.6 is 0 Å². The summed E-state index contributed by atoms with van der Waals surface area (Å²) >= 11 is 0. The topological polar surface area (TPSA) is 63.4 Å². The molecule has 0 bridgehead atoms. The highest BCUT2D eigenvalue weighted by Crippen LogP contribution is 2.22. The lowest BCUT2D eigenvalue weighted by Gasteiger charge is -2.36. The molecule has 0 saturated carbocycles. The molecule has 2 amide bonds. The van der Waals surface area contributed by atoms with Gasteiger partial charge in [0.2, 0.25) is 11.8 Å². The van der Waals surface area contributed by atoms with Gasteiger partial charge in [-0.15, -0.1) is 0 Å². The Bertz CT molecular complexity index is 554. The molecule has 21 heavy (non-hydrogen) atoms. The fourth-order valence-electron chi connectivity index (χ4n) is 2.48. The van der Waals surface area contributed by atoms with Crippen LogP contribution in [0.25, 0.3) is 6.08 Å². The van der Waals surface area contributed by atoms with Gasteiger partial charge >= 0.3 is 0 Å². The number of hydrogen-bond donors (Lipinski definition) is 1. The number of benzene rings is 1. The number of primary amides is 1. The van der Waals surface area contributed by atoms with Crippen molar-refractivity contribution >= 4 is 17.9 Å². The first-order valence-electron chi connectivity index (χ1n) is 7.01. The molecule has 2 rings (SSSR count). The molecule has 1 aromatic carbocycles. The van der Waals surface area contributed by atoms with Crippen LogP contribution in [0.1, 0.15) is 25.3 Å². The van der Waals surface area contributed by atoms with Gasteiger partial charge in [0.25, 0.3) is 0 Å². The van der Waals surface area contributed by atoms with Crippen molar-refractivity contribution in [3.63, 3.8) is 0 Å². The summed E-state index contributed by atoms with van der Waals surface area (Å²) in [6, 6.07) is 5.98. The van der Waals surface area contributed by atoms with Gasteiger partial charge in [0.1, 0.15) is 5.82 Å². The third-order valence-corrected chi connectivity index (χ3v) is 3.86. The van der Waals surface area contributed by atoms with Crippen LogP contribution in [0.3, 0.4) is 0 Å². The molecule has 1 aliphatic heterocycles. The van der Waals surface area contributed by atoms with E-state index in [0.717, 1.165) is 18.4 Å². The van der Waals surface area contributed by atoms with Gasteiger partial charge in [0, 0.05) is 18.7 Å². The van der Waals surface area contributed by atoms with Crippen molar-refractivity contribution in [2.75, 3.05) is 6.54 Å². The molecule has 1 heterocycles. The van der Waals surface area contributed by atoms with Crippen molar-refractivity contribution in [3.05, 3.63) is 41.7 Å². The SMILES string of the molecule is C[C@@H]1CC[C@@H](C(N)=O)CN1C(=O)/C=C/c1ccc(F)cc1. The van der Waals surface area contributed by atoms with Gasteiger partial charge in [-0.3, -0.25) is 9.59 Å². The molecule has 0 unspecified atom stereocenters. The Morgan fingerprint density at radius 1 is 1.29 bits per heavy atom. The zero-order valence-corrected chi connectivity index (χ0v) is 12.0. The predicted molar refractivity (Wildman–Crippen MR) is 78.5 cm³/mol. The summed E-state index contributed by atoms with van der Waals surface area (Å²) in [6.45, 7) is 2.32. The molecule has 2 atom stereocenters. The fraction of sp³-hybridized carbons (Fsp3) is 0.375. The van der Waals surface area contributed by atoms with Crippen LogP contribution in [0.2, 0.25) is 0 Å². The first-order valence-corrected chi connectivity index (χ1v) is 7.01. The Morgan fingerprint density at radius 3 is 2.57 bits per heavy atom. The summed E-state index contributed by atoms with van der Waals surface area (Å²) in [5.41, 5.74) is 6.07. The van der Waals surface area contributed by atoms with Crippen LogP contribution in [0.5, 0.6) is 0 Å². The lowest BCUT2D eigenvalue weighted by Crippen LogP contribution is -2.48. The van der Waals surface area contributed by atoms with Gasteiger partial charge < -0.3 is 10.6 Å². The highest BCUT2D eigenvalue weighted by Gasteiger charge is 2.30. The van der Waals surface area contributed by atoms with Crippen molar-refractivity contribution in [2.45, 2.75) is 25.8 Å². The highest BCUT2D eigenvalue weighted by atomic mass is 19.1. The maximum atomic E-state index is 12.8. The van der Waals surface area contributed by atoms with E-state index in [-0.39, 0.29) is 29.6 Å². The van der Waals surface area contributed by atoms with E-state index in [0.29, 0.717) is 6.54 Å². The molecular weight excluding hydrogens is 271 g/mol. The lowest BCUT2D eigenvalue weighted by atomic mass is 9.93. The van der Waals surface area contributed by atoms with Crippen LogP contribution in [-0.2, 0) is 9.59 Å². The molecule has 0 radical (unpaired) electrons. The van der Waals surface area contributed by atoms with E-state index in [1.54, 1.807) is 23.1 Å². The number of carbonyl (C=O) groups is 2. The zero-order valence-electron chi connectivity index (χ0n) is 12.0. The van der Waals surface area contributed by atoms with Crippen LogP contribution in [0.4, 0.5) is 4.39 Å². The van der Waals surface area contributed by atoms with Crippen molar-refractivity contribution in [1.82, 2.24) is 4.90 Å². The normalized spacial score (nSPS) is 22.5. The molecule has 1 aromatic rings. The van der Waals surface area contributed by atoms with Crippen LogP contribution < -0.4 is 5.73 Å². The molecule has 5 heteroatoms. The third-order valence-electron chi connectivity index (χ3n) is 3.86. The minimum absolute atomic E-state index is 0.0889. The van der Waals surface area contributed by atoms with E-state index in [9.17, 15) is 14.0 Å². The van der Waals surface area contributed by atoms with Crippen molar-refractivity contribution < 1.29 is 14.0 Å². The maximum Gasteiger partial charge on any atom is 0.246 e. The quantitative estimate of drug-likeness (QED) is 0.865. The summed E-state index contributed by atoms with van der Waals surface area (Å²) in [5.74, 6) is -1.10. The lowest BCUT2D eigenvalue weighted by molar-refractivity contribution is -0.133. The van der Waals surface area contributed by atoms with Crippen LogP contribution in [0, 0.1) is 11.7 Å². The summed E-state index contributed by atoms with van der Waals surface area (Å²) in [7, 11) is 0. The predicted octanol–water partition coefficient (Wildman–Crippen LogP) is 1.95. The van der Waals surface area contributed by atoms with E-state index in [1.807, 2.05) is 6.92 Å². The summed E-state index contributed by atoms with van der Waals surface area (Å²) in [5, 5.41) is 0. The van der Waals surface area contributed by atoms with Gasteiger partial charge in [0.15, 0.2) is 0 Å². The average molecular weight is 290 g/mol. The molecule has 0 aliphatic carbocycles. The Morgan fingerprint density at radius 2 is 1.95 bits per heavy atom. The second kappa shape index (κ2) is 6.52. The highest BCUT2D eigenvalue weighted by molar-refractivity contribution is 5.92. The smallest absolute Gasteiger partial charge is 0.246 e. The Labute approximate surface area is 123 Å². The van der Waals surface area contributed by atoms with Gasteiger partial charge in [-0.05, 0) is 43.5 Å². The number of carbonyl (C=O) groups excluding carboxylic acids is 2. The van der Waals surface area contributed by atoms with Gasteiger partial charge in [-0.2, -0.15) is 0 Å². The summed E-state index contributed by atoms with van der Waals surface area (Å²) in [4.78, 5) is 25.2. The van der Waals surface area contributed by atoms with Gasteiger partial charge in [-0.1, -0.05) is 12.1 Å². The first kappa shape index (κ1) is 15.2. The zero-order chi connectivity index (χ0) is 15.4. The van der Waals surface area contributed by atoms with E-state index in [1.165, 1.54) is 18.2 Å². The van der Waals surface area contributed by atoms with E-state index in [4.69, 9.17) is 5.73 Å². The third kappa shape index (κ3) is 3.90. The molecule has 0 aromatic heterocycles. The minimum Gasteiger partial charge on any atom is -0.369 e. The molecule has 4 nitrogen and oxygen atoms in total. The molecule has 2 N–H and O–H groups in total. The van der Waals surface area contributed by atoms with Crippen LogP contribution in [-0.4, -0.2) is 29.3 Å². The number of nitrogens with zero attached hydrogens (tertiary/aromatic N) is 1. The van der Waals surface area contributed by atoms with E-state index >= 15 is 0 Å². The average Bonchev–Trinajstić information content (AvgIpc) is 2.46. The summed E-state index contributed by atoms with van der Waals surface area (Å²) in [6.07, 6.45) is 4.58. The first-order chi connectivity index (χ1) is 9.97. The second-order valence-corrected chi connectivity index (χ2v) is 5.40. The van der Waals surface area contributed by atoms with Gasteiger partial charge in [-0.25, -0.2) is 4.39 Å². The number of amides is 2. The number of rotatable bonds is 3. The minimum atomic E-state index is -0.359. The van der Waals surface area contributed by atoms with E-state index in [2.05, 4.69) is 0 Å². The molecule has 1 saturated heterocycles. The second-order valence-electron chi connectivity index (χ2n) is 5.40. The maximum absolute atomic E-state index is 12.8. The number of likely N-dealkylation sites (tertiary alicyclic amines) is 1. The monoisotopic (exact) mass is 290 g/mol. The number of piperidine rings is 1. The van der Waals surface area contributed by atoms with Crippen molar-refractivity contribution in [1.29, 1.82) is 0 Å². The fourth-order valence-corrected chi connectivity index (χ4v) is 2.48. The van der Waals surface area contributed by atoms with E-state index < -0.39 is 0 Å².